The van der Waals surface area contributed by atoms with Crippen LogP contribution in [0.3, 0.4) is 0 Å². The Labute approximate surface area is 171 Å². The zero-order valence-corrected chi connectivity index (χ0v) is 17.1. The molecule has 1 atom stereocenters. The van der Waals surface area contributed by atoms with Crippen LogP contribution < -0.4 is 19.5 Å². The Morgan fingerprint density at radius 1 is 1.07 bits per heavy atom. The number of benzene rings is 1. The molecule has 0 aliphatic rings. The van der Waals surface area contributed by atoms with E-state index in [-0.39, 0.29) is 27.9 Å². The predicted molar refractivity (Wildman–Crippen MR) is 104 cm³/mol. The van der Waals surface area contributed by atoms with E-state index in [4.69, 9.17) is 42.1 Å². The summed E-state index contributed by atoms with van der Waals surface area (Å²) in [6.07, 6.45) is 0.188. The van der Waals surface area contributed by atoms with Gasteiger partial charge in [-0.3, -0.25) is 4.79 Å². The van der Waals surface area contributed by atoms with Gasteiger partial charge in [0.25, 0.3) is 5.91 Å². The Kier molecular flexibility index (Phi) is 7.31. The lowest BCUT2D eigenvalue weighted by atomic mass is 10.1. The van der Waals surface area contributed by atoms with Crippen molar-refractivity contribution in [1.29, 1.82) is 0 Å². The van der Waals surface area contributed by atoms with Crippen molar-refractivity contribution in [2.45, 2.75) is 13.0 Å². The molecule has 1 aromatic carbocycles. The zero-order valence-electron chi connectivity index (χ0n) is 15.5. The third-order valence-corrected chi connectivity index (χ3v) is 4.12. The van der Waals surface area contributed by atoms with Crippen molar-refractivity contribution in [3.05, 3.63) is 40.0 Å². The lowest BCUT2D eigenvalue weighted by Crippen LogP contribution is -2.30. The number of anilines is 1. The van der Waals surface area contributed by atoms with Crippen molar-refractivity contribution in [3.63, 3.8) is 0 Å². The number of amides is 1. The summed E-state index contributed by atoms with van der Waals surface area (Å²) < 4.78 is 20.9. The van der Waals surface area contributed by atoms with E-state index in [1.165, 1.54) is 52.6 Å². The second-order valence-electron chi connectivity index (χ2n) is 5.40. The standard InChI is InChI=1S/C18H18Cl2N2O6/c1-9(17(23)22-16-12(20)7-10(19)8-21-16)28-18(24)11-5-6-13(25-2)15(27-4)14(11)26-3/h5-9H,1-4H3,(H,21,22,23). The van der Waals surface area contributed by atoms with Crippen LogP contribution in [0, 0.1) is 0 Å². The molecule has 0 bridgehead atoms. The highest BCUT2D eigenvalue weighted by atomic mass is 35.5. The summed E-state index contributed by atoms with van der Waals surface area (Å²) in [5.41, 5.74) is 0.0717. The largest absolute Gasteiger partial charge is 0.493 e. The van der Waals surface area contributed by atoms with Crippen LogP contribution in [-0.2, 0) is 9.53 Å². The van der Waals surface area contributed by atoms with Crippen molar-refractivity contribution in [2.24, 2.45) is 0 Å². The number of rotatable bonds is 7. The first-order chi connectivity index (χ1) is 13.3. The van der Waals surface area contributed by atoms with Gasteiger partial charge in [-0.2, -0.15) is 0 Å². The molecule has 1 amide bonds. The molecule has 1 aromatic heterocycles. The molecular formula is C18H18Cl2N2O6. The molecule has 28 heavy (non-hydrogen) atoms. The number of nitrogens with one attached hydrogen (secondary N) is 1. The molecule has 0 aliphatic carbocycles. The number of aromatic nitrogens is 1. The minimum absolute atomic E-state index is 0.0717. The van der Waals surface area contributed by atoms with Gasteiger partial charge in [0.2, 0.25) is 5.75 Å². The monoisotopic (exact) mass is 428 g/mol. The van der Waals surface area contributed by atoms with Gasteiger partial charge in [0.05, 0.1) is 31.4 Å². The van der Waals surface area contributed by atoms with E-state index in [1.807, 2.05) is 0 Å². The number of carbonyl (C=O) groups excluding carboxylic acids is 2. The van der Waals surface area contributed by atoms with Crippen molar-refractivity contribution in [1.82, 2.24) is 4.98 Å². The van der Waals surface area contributed by atoms with E-state index in [0.717, 1.165) is 0 Å². The third-order valence-electron chi connectivity index (χ3n) is 3.63. The Morgan fingerprint density at radius 2 is 1.75 bits per heavy atom. The predicted octanol–water partition coefficient (Wildman–Crippen LogP) is 3.60. The van der Waals surface area contributed by atoms with Crippen LogP contribution in [0.15, 0.2) is 24.4 Å². The van der Waals surface area contributed by atoms with E-state index < -0.39 is 18.0 Å². The summed E-state index contributed by atoms with van der Waals surface area (Å²) in [5, 5.41) is 2.95. The fourth-order valence-electron chi connectivity index (χ4n) is 2.26. The van der Waals surface area contributed by atoms with Gasteiger partial charge in [0.15, 0.2) is 23.4 Å². The molecule has 1 heterocycles. The Morgan fingerprint density at radius 3 is 2.32 bits per heavy atom. The molecule has 150 valence electrons. The number of carbonyl (C=O) groups is 2. The molecule has 1 unspecified atom stereocenters. The molecule has 10 heteroatoms. The maximum Gasteiger partial charge on any atom is 0.342 e. The molecule has 0 saturated carbocycles. The van der Waals surface area contributed by atoms with Gasteiger partial charge in [0, 0.05) is 6.20 Å². The van der Waals surface area contributed by atoms with E-state index in [0.29, 0.717) is 10.8 Å². The second kappa shape index (κ2) is 9.48. The maximum absolute atomic E-state index is 12.5. The fourth-order valence-corrected chi connectivity index (χ4v) is 2.69. The molecule has 0 spiro atoms. The first kappa shape index (κ1) is 21.6. The summed E-state index contributed by atoms with van der Waals surface area (Å²) in [6, 6.07) is 4.40. The molecule has 0 fully saturated rings. The van der Waals surface area contributed by atoms with Gasteiger partial charge >= 0.3 is 5.97 Å². The number of hydrogen-bond acceptors (Lipinski definition) is 7. The SMILES string of the molecule is COc1ccc(C(=O)OC(C)C(=O)Nc2ncc(Cl)cc2Cl)c(OC)c1OC. The van der Waals surface area contributed by atoms with Crippen LogP contribution in [-0.4, -0.2) is 44.3 Å². The van der Waals surface area contributed by atoms with E-state index in [2.05, 4.69) is 10.3 Å². The van der Waals surface area contributed by atoms with Crippen LogP contribution >= 0.6 is 23.2 Å². The summed E-state index contributed by atoms with van der Waals surface area (Å²) in [4.78, 5) is 28.8. The highest BCUT2D eigenvalue weighted by Gasteiger charge is 2.25. The number of pyridine rings is 1. The highest BCUT2D eigenvalue weighted by Crippen LogP contribution is 2.40. The van der Waals surface area contributed by atoms with Crippen LogP contribution in [0.5, 0.6) is 17.2 Å². The van der Waals surface area contributed by atoms with E-state index in [9.17, 15) is 9.59 Å². The quantitative estimate of drug-likeness (QED) is 0.672. The number of halogens is 2. The first-order valence-electron chi connectivity index (χ1n) is 7.94. The van der Waals surface area contributed by atoms with Gasteiger partial charge in [-0.1, -0.05) is 23.2 Å². The second-order valence-corrected chi connectivity index (χ2v) is 6.25. The summed E-state index contributed by atoms with van der Waals surface area (Å²) in [6.45, 7) is 1.41. The minimum atomic E-state index is -1.14. The number of methoxy groups -OCH3 is 3. The van der Waals surface area contributed by atoms with Crippen molar-refractivity contribution >= 4 is 40.9 Å². The Hall–Kier alpha value is -2.71. The Balaban J connectivity index is 2.16. The summed E-state index contributed by atoms with van der Waals surface area (Å²) in [5.74, 6) is -0.566. The lowest BCUT2D eigenvalue weighted by molar-refractivity contribution is -0.123. The van der Waals surface area contributed by atoms with Crippen molar-refractivity contribution in [3.8, 4) is 17.2 Å². The number of ether oxygens (including phenoxy) is 4. The number of esters is 1. The molecule has 2 aromatic rings. The zero-order chi connectivity index (χ0) is 20.8. The molecule has 0 aliphatic heterocycles. The average Bonchev–Trinajstić information content (AvgIpc) is 2.68. The maximum atomic E-state index is 12.5. The fraction of sp³-hybridized carbons (Fsp3) is 0.278. The van der Waals surface area contributed by atoms with Gasteiger partial charge in [-0.05, 0) is 25.1 Å². The molecule has 2 rings (SSSR count). The van der Waals surface area contributed by atoms with Gasteiger partial charge in [0.1, 0.15) is 5.56 Å². The molecule has 8 nitrogen and oxygen atoms in total. The number of nitrogens with zero attached hydrogens (tertiary/aromatic N) is 1. The van der Waals surface area contributed by atoms with Gasteiger partial charge < -0.3 is 24.3 Å². The van der Waals surface area contributed by atoms with E-state index in [1.54, 1.807) is 0 Å². The number of hydrogen-bond donors (Lipinski definition) is 1. The topological polar surface area (TPSA) is 96.0 Å². The average molecular weight is 429 g/mol. The molecular weight excluding hydrogens is 411 g/mol. The van der Waals surface area contributed by atoms with Crippen LogP contribution in [0.4, 0.5) is 5.82 Å². The molecule has 0 saturated heterocycles. The summed E-state index contributed by atoms with van der Waals surface area (Å²) >= 11 is 11.7. The molecule has 0 radical (unpaired) electrons. The van der Waals surface area contributed by atoms with Gasteiger partial charge in [-0.25, -0.2) is 9.78 Å². The van der Waals surface area contributed by atoms with Crippen LogP contribution in [0.25, 0.3) is 0 Å². The van der Waals surface area contributed by atoms with Crippen molar-refractivity contribution in [2.75, 3.05) is 26.6 Å². The third kappa shape index (κ3) is 4.76. The normalized spacial score (nSPS) is 11.4. The van der Waals surface area contributed by atoms with Crippen LogP contribution in [0.2, 0.25) is 10.0 Å². The summed E-state index contributed by atoms with van der Waals surface area (Å²) in [7, 11) is 4.24. The first-order valence-corrected chi connectivity index (χ1v) is 8.69. The van der Waals surface area contributed by atoms with Crippen LogP contribution in [0.1, 0.15) is 17.3 Å². The minimum Gasteiger partial charge on any atom is -0.493 e. The van der Waals surface area contributed by atoms with Gasteiger partial charge in [-0.15, -0.1) is 0 Å². The van der Waals surface area contributed by atoms with E-state index >= 15 is 0 Å². The Bertz CT molecular complexity index is 891. The highest BCUT2D eigenvalue weighted by molar-refractivity contribution is 6.36. The van der Waals surface area contributed by atoms with Crippen molar-refractivity contribution < 1.29 is 28.5 Å². The molecule has 1 N–H and O–H groups in total. The smallest absolute Gasteiger partial charge is 0.342 e. The lowest BCUT2D eigenvalue weighted by Gasteiger charge is -2.17.